The summed E-state index contributed by atoms with van der Waals surface area (Å²) < 4.78 is 4.89. The van der Waals surface area contributed by atoms with Crippen molar-refractivity contribution in [2.24, 2.45) is 11.8 Å². The molecule has 0 unspecified atom stereocenters. The molecule has 188 valence electrons. The number of aldehydes is 1. The van der Waals surface area contributed by atoms with Crippen molar-refractivity contribution in [1.82, 2.24) is 4.98 Å². The molecular weight excluding hydrogens is 464 g/mol. The smallest absolute Gasteiger partial charge is 0.306 e. The van der Waals surface area contributed by atoms with E-state index in [0.29, 0.717) is 30.6 Å². The fourth-order valence-corrected chi connectivity index (χ4v) is 5.22. The van der Waals surface area contributed by atoms with Gasteiger partial charge in [-0.15, -0.1) is 11.8 Å². The first kappa shape index (κ1) is 28.5. The SMILES string of the molecule is Cc1cc(SC[C@@H](C=O)[C@H](C)Cc2ccc(C#N)c(CCC(=O)OCCO)c2)nc(C)c1CCO. The van der Waals surface area contributed by atoms with E-state index >= 15 is 0 Å². The van der Waals surface area contributed by atoms with Gasteiger partial charge >= 0.3 is 5.97 Å². The number of aryl methyl sites for hydroxylation is 3. The van der Waals surface area contributed by atoms with Crippen LogP contribution in [0.2, 0.25) is 0 Å². The van der Waals surface area contributed by atoms with Crippen LogP contribution in [0.1, 0.15) is 46.9 Å². The molecule has 0 bridgehead atoms. The highest BCUT2D eigenvalue weighted by molar-refractivity contribution is 7.99. The first-order valence-electron chi connectivity index (χ1n) is 11.8. The maximum atomic E-state index is 11.9. The molecule has 0 aliphatic heterocycles. The zero-order valence-corrected chi connectivity index (χ0v) is 21.4. The maximum Gasteiger partial charge on any atom is 0.306 e. The Morgan fingerprint density at radius 2 is 2.00 bits per heavy atom. The zero-order chi connectivity index (χ0) is 25.8. The average Bonchev–Trinajstić information content (AvgIpc) is 2.84. The van der Waals surface area contributed by atoms with Crippen molar-refractivity contribution in [3.8, 4) is 6.07 Å². The van der Waals surface area contributed by atoms with Gasteiger partial charge in [0.1, 0.15) is 12.9 Å². The summed E-state index contributed by atoms with van der Waals surface area (Å²) in [6.07, 6.45) is 2.75. The number of esters is 1. The molecule has 0 aliphatic carbocycles. The Morgan fingerprint density at radius 3 is 2.63 bits per heavy atom. The molecule has 0 radical (unpaired) electrons. The van der Waals surface area contributed by atoms with E-state index in [2.05, 4.69) is 11.1 Å². The van der Waals surface area contributed by atoms with Crippen LogP contribution < -0.4 is 0 Å². The maximum absolute atomic E-state index is 11.9. The molecule has 0 fully saturated rings. The van der Waals surface area contributed by atoms with Crippen molar-refractivity contribution in [1.29, 1.82) is 5.26 Å². The Balaban J connectivity index is 2.03. The number of rotatable bonds is 14. The van der Waals surface area contributed by atoms with Gasteiger partial charge in [-0.05, 0) is 73.4 Å². The molecule has 0 aliphatic rings. The van der Waals surface area contributed by atoms with Crippen LogP contribution in [0, 0.1) is 37.0 Å². The van der Waals surface area contributed by atoms with Crippen LogP contribution in [0.3, 0.4) is 0 Å². The van der Waals surface area contributed by atoms with Crippen molar-refractivity contribution < 1.29 is 24.5 Å². The Labute approximate surface area is 211 Å². The number of ether oxygens (including phenoxy) is 1. The average molecular weight is 499 g/mol. The topological polar surface area (TPSA) is 121 Å². The van der Waals surface area contributed by atoms with Gasteiger partial charge < -0.3 is 19.7 Å². The molecule has 1 aromatic heterocycles. The van der Waals surface area contributed by atoms with Crippen LogP contribution in [0.25, 0.3) is 0 Å². The molecular formula is C27H34N2O5S. The van der Waals surface area contributed by atoms with E-state index in [4.69, 9.17) is 9.84 Å². The second-order valence-electron chi connectivity index (χ2n) is 8.65. The standard InChI is InChI=1S/C27H34N2O5S/c1-18(24(16-32)17-35-26-13-19(2)25(8-9-30)20(3)29-26)12-21-4-5-23(15-28)22(14-21)6-7-27(33)34-11-10-31/h4-5,13-14,16,18,24,30-31H,6-12,17H2,1-3H3/t18-,24-/m1/s1. The zero-order valence-electron chi connectivity index (χ0n) is 20.6. The number of aliphatic hydroxyl groups excluding tert-OH is 2. The Bertz CT molecular complexity index is 1030. The minimum absolute atomic E-state index is 0.0337. The lowest BCUT2D eigenvalue weighted by atomic mass is 9.89. The molecule has 0 amide bonds. The Morgan fingerprint density at radius 1 is 1.23 bits per heavy atom. The van der Waals surface area contributed by atoms with Crippen LogP contribution in [0.4, 0.5) is 0 Å². The summed E-state index contributed by atoms with van der Waals surface area (Å²) in [6, 6.07) is 9.75. The molecule has 8 heteroatoms. The number of nitrogens with zero attached hydrogens (tertiary/aromatic N) is 2. The van der Waals surface area contributed by atoms with Gasteiger partial charge in [-0.1, -0.05) is 19.1 Å². The molecule has 2 rings (SSSR count). The highest BCUT2D eigenvalue weighted by atomic mass is 32.2. The monoisotopic (exact) mass is 498 g/mol. The van der Waals surface area contributed by atoms with Crippen molar-refractivity contribution in [2.75, 3.05) is 25.6 Å². The van der Waals surface area contributed by atoms with E-state index in [1.807, 2.05) is 39.0 Å². The molecule has 1 heterocycles. The van der Waals surface area contributed by atoms with E-state index < -0.39 is 5.97 Å². The number of thioether (sulfide) groups is 1. The van der Waals surface area contributed by atoms with Crippen molar-refractivity contribution in [2.45, 2.75) is 51.5 Å². The second-order valence-corrected chi connectivity index (χ2v) is 9.69. The number of hydrogen-bond acceptors (Lipinski definition) is 8. The molecule has 7 nitrogen and oxygen atoms in total. The summed E-state index contributed by atoms with van der Waals surface area (Å²) in [7, 11) is 0. The number of aliphatic hydroxyl groups is 2. The lowest BCUT2D eigenvalue weighted by Crippen LogP contribution is -2.18. The minimum Gasteiger partial charge on any atom is -0.463 e. The summed E-state index contributed by atoms with van der Waals surface area (Å²) in [5.74, 6) is 0.0943. The minimum atomic E-state index is -0.414. The lowest BCUT2D eigenvalue weighted by molar-refractivity contribution is -0.144. The van der Waals surface area contributed by atoms with E-state index in [1.165, 1.54) is 0 Å². The predicted molar refractivity (Wildman–Crippen MR) is 135 cm³/mol. The molecule has 0 saturated heterocycles. The Kier molecular flexibility index (Phi) is 11.9. The summed E-state index contributed by atoms with van der Waals surface area (Å²) in [5, 5.41) is 28.3. The van der Waals surface area contributed by atoms with E-state index in [-0.39, 0.29) is 38.1 Å². The third kappa shape index (κ3) is 8.77. The third-order valence-electron chi connectivity index (χ3n) is 6.02. The van der Waals surface area contributed by atoms with Crippen molar-refractivity contribution in [3.63, 3.8) is 0 Å². The van der Waals surface area contributed by atoms with Crippen LogP contribution in [0.15, 0.2) is 29.3 Å². The fourth-order valence-electron chi connectivity index (χ4n) is 3.99. The predicted octanol–water partition coefficient (Wildman–Crippen LogP) is 3.36. The van der Waals surface area contributed by atoms with Crippen LogP contribution in [-0.4, -0.2) is 53.0 Å². The van der Waals surface area contributed by atoms with E-state index in [1.54, 1.807) is 17.8 Å². The first-order valence-corrected chi connectivity index (χ1v) is 12.8. The number of hydrogen-bond donors (Lipinski definition) is 2. The van der Waals surface area contributed by atoms with Gasteiger partial charge in [0.25, 0.3) is 0 Å². The van der Waals surface area contributed by atoms with Gasteiger partial charge in [0.2, 0.25) is 0 Å². The number of nitriles is 1. The summed E-state index contributed by atoms with van der Waals surface area (Å²) in [5.41, 5.74) is 5.35. The summed E-state index contributed by atoms with van der Waals surface area (Å²) >= 11 is 1.56. The van der Waals surface area contributed by atoms with Crippen LogP contribution in [0.5, 0.6) is 0 Å². The molecule has 35 heavy (non-hydrogen) atoms. The number of benzene rings is 1. The summed E-state index contributed by atoms with van der Waals surface area (Å²) in [6.45, 7) is 5.83. The van der Waals surface area contributed by atoms with E-state index in [9.17, 15) is 20.0 Å². The fraction of sp³-hybridized carbons (Fsp3) is 0.481. The molecule has 0 spiro atoms. The normalized spacial score (nSPS) is 12.6. The molecule has 0 saturated carbocycles. The van der Waals surface area contributed by atoms with Crippen LogP contribution >= 0.6 is 11.8 Å². The van der Waals surface area contributed by atoms with Gasteiger partial charge in [-0.2, -0.15) is 5.26 Å². The van der Waals surface area contributed by atoms with Gasteiger partial charge in [0, 0.05) is 30.4 Å². The van der Waals surface area contributed by atoms with Crippen LogP contribution in [-0.2, 0) is 33.6 Å². The number of carbonyl (C=O) groups is 2. The quantitative estimate of drug-likeness (QED) is 0.231. The number of carbonyl (C=O) groups excluding carboxylic acids is 2. The largest absolute Gasteiger partial charge is 0.463 e. The highest BCUT2D eigenvalue weighted by Gasteiger charge is 2.19. The highest BCUT2D eigenvalue weighted by Crippen LogP contribution is 2.27. The van der Waals surface area contributed by atoms with Gasteiger partial charge in [0.05, 0.1) is 23.3 Å². The lowest BCUT2D eigenvalue weighted by Gasteiger charge is -2.19. The van der Waals surface area contributed by atoms with Gasteiger partial charge in [-0.3, -0.25) is 4.79 Å². The number of pyridine rings is 1. The third-order valence-corrected chi connectivity index (χ3v) is 7.08. The molecule has 2 atom stereocenters. The first-order chi connectivity index (χ1) is 16.8. The molecule has 1 aromatic carbocycles. The van der Waals surface area contributed by atoms with Crippen molar-refractivity contribution >= 4 is 24.0 Å². The molecule has 2 N–H and O–H groups in total. The van der Waals surface area contributed by atoms with Crippen molar-refractivity contribution in [3.05, 3.63) is 57.8 Å². The second kappa shape index (κ2) is 14.6. The van der Waals surface area contributed by atoms with Gasteiger partial charge in [0.15, 0.2) is 0 Å². The Hall–Kier alpha value is -2.73. The number of aromatic nitrogens is 1. The van der Waals surface area contributed by atoms with Gasteiger partial charge in [-0.25, -0.2) is 4.98 Å². The summed E-state index contributed by atoms with van der Waals surface area (Å²) in [4.78, 5) is 28.3. The van der Waals surface area contributed by atoms with E-state index in [0.717, 1.165) is 39.3 Å². The molecule has 2 aromatic rings.